The average molecular weight is 302 g/mol. The van der Waals surface area contributed by atoms with Gasteiger partial charge >= 0.3 is 0 Å². The van der Waals surface area contributed by atoms with Crippen molar-refractivity contribution in [1.29, 1.82) is 0 Å². The second-order valence-corrected chi connectivity index (χ2v) is 6.16. The molecule has 3 rings (SSSR count). The van der Waals surface area contributed by atoms with E-state index in [4.69, 9.17) is 16.3 Å². The van der Waals surface area contributed by atoms with Gasteiger partial charge in [0.25, 0.3) is 0 Å². The van der Waals surface area contributed by atoms with Gasteiger partial charge in [0, 0.05) is 23.0 Å². The van der Waals surface area contributed by atoms with E-state index < -0.39 is 0 Å². The molecule has 0 bridgehead atoms. The summed E-state index contributed by atoms with van der Waals surface area (Å²) in [6.45, 7) is 4.27. The molecule has 2 unspecified atom stereocenters. The number of ether oxygens (including phenoxy) is 1. The molecule has 0 spiro atoms. The first-order chi connectivity index (χ1) is 10.1. The van der Waals surface area contributed by atoms with Crippen LogP contribution in [0.2, 0.25) is 5.02 Å². The molecule has 0 aromatic heterocycles. The van der Waals surface area contributed by atoms with Crippen molar-refractivity contribution in [2.75, 3.05) is 7.05 Å². The normalized spacial score (nSPS) is 20.8. The number of hydrogen-bond acceptors (Lipinski definition) is 2. The van der Waals surface area contributed by atoms with Gasteiger partial charge in [-0.15, -0.1) is 0 Å². The molecule has 110 valence electrons. The van der Waals surface area contributed by atoms with Crippen LogP contribution in [0.5, 0.6) is 5.75 Å². The van der Waals surface area contributed by atoms with Crippen molar-refractivity contribution in [2.24, 2.45) is 0 Å². The quantitative estimate of drug-likeness (QED) is 0.865. The van der Waals surface area contributed by atoms with Gasteiger partial charge in [-0.2, -0.15) is 0 Å². The summed E-state index contributed by atoms with van der Waals surface area (Å²) >= 11 is 6.11. The number of fused-ring (bicyclic) bond motifs is 1. The maximum atomic E-state index is 6.23. The monoisotopic (exact) mass is 301 g/mol. The predicted molar refractivity (Wildman–Crippen MR) is 87.2 cm³/mol. The van der Waals surface area contributed by atoms with E-state index in [1.54, 1.807) is 0 Å². The Hall–Kier alpha value is -1.51. The third-order valence-electron chi connectivity index (χ3n) is 4.19. The molecule has 1 aliphatic rings. The molecule has 21 heavy (non-hydrogen) atoms. The van der Waals surface area contributed by atoms with E-state index in [0.717, 1.165) is 22.8 Å². The first-order valence-electron chi connectivity index (χ1n) is 7.29. The zero-order valence-electron chi connectivity index (χ0n) is 12.6. The fourth-order valence-corrected chi connectivity index (χ4v) is 3.27. The van der Waals surface area contributed by atoms with E-state index in [-0.39, 0.29) is 12.1 Å². The lowest BCUT2D eigenvalue weighted by Gasteiger charge is -2.33. The molecule has 2 atom stereocenters. The van der Waals surface area contributed by atoms with Crippen LogP contribution in [0.1, 0.15) is 40.8 Å². The van der Waals surface area contributed by atoms with Crippen molar-refractivity contribution in [3.63, 3.8) is 0 Å². The molecule has 2 aromatic carbocycles. The smallest absolute Gasteiger partial charge is 0.126 e. The predicted octanol–water partition coefficient (Wildman–Crippen LogP) is 4.74. The summed E-state index contributed by atoms with van der Waals surface area (Å²) < 4.78 is 6.23. The summed E-state index contributed by atoms with van der Waals surface area (Å²) in [6.07, 6.45) is 0.991. The van der Waals surface area contributed by atoms with Crippen LogP contribution in [0.3, 0.4) is 0 Å². The molecular weight excluding hydrogens is 282 g/mol. The van der Waals surface area contributed by atoms with E-state index in [9.17, 15) is 0 Å². The number of halogens is 1. The Bertz CT molecular complexity index is 668. The second-order valence-electron chi connectivity index (χ2n) is 5.73. The van der Waals surface area contributed by atoms with E-state index in [0.29, 0.717) is 0 Å². The van der Waals surface area contributed by atoms with Crippen molar-refractivity contribution < 1.29 is 4.74 Å². The third-order valence-corrected chi connectivity index (χ3v) is 4.42. The Morgan fingerprint density at radius 1 is 1.10 bits per heavy atom. The highest BCUT2D eigenvalue weighted by atomic mass is 35.5. The molecule has 0 saturated heterocycles. The largest absolute Gasteiger partial charge is 0.485 e. The van der Waals surface area contributed by atoms with E-state index >= 15 is 0 Å². The van der Waals surface area contributed by atoms with E-state index in [1.807, 2.05) is 25.2 Å². The standard InChI is InChI=1S/C18H20ClNO/c1-11-4-6-14(12(2)8-11)18-10-16(20-3)15-9-13(19)5-7-17(15)21-18/h4-9,16,18,20H,10H2,1-3H3. The molecular formula is C18H20ClNO. The molecule has 0 saturated carbocycles. The van der Waals surface area contributed by atoms with Crippen LogP contribution in [0.25, 0.3) is 0 Å². The van der Waals surface area contributed by atoms with Gasteiger partial charge in [0.1, 0.15) is 11.9 Å². The van der Waals surface area contributed by atoms with Crippen LogP contribution in [0, 0.1) is 13.8 Å². The van der Waals surface area contributed by atoms with Gasteiger partial charge < -0.3 is 10.1 Å². The Morgan fingerprint density at radius 2 is 1.90 bits per heavy atom. The molecule has 1 aliphatic heterocycles. The number of hydrogen-bond donors (Lipinski definition) is 1. The van der Waals surface area contributed by atoms with Crippen LogP contribution in [-0.4, -0.2) is 7.05 Å². The molecule has 0 radical (unpaired) electrons. The van der Waals surface area contributed by atoms with Crippen LogP contribution in [0.15, 0.2) is 36.4 Å². The van der Waals surface area contributed by atoms with Gasteiger partial charge in [-0.3, -0.25) is 0 Å². The van der Waals surface area contributed by atoms with Gasteiger partial charge in [0.2, 0.25) is 0 Å². The Labute approximate surface area is 131 Å². The number of rotatable bonds is 2. The minimum absolute atomic E-state index is 0.0803. The van der Waals surface area contributed by atoms with Gasteiger partial charge in [0.15, 0.2) is 0 Å². The highest BCUT2D eigenvalue weighted by Crippen LogP contribution is 2.42. The third kappa shape index (κ3) is 2.78. The van der Waals surface area contributed by atoms with Gasteiger partial charge in [-0.05, 0) is 50.2 Å². The van der Waals surface area contributed by atoms with Crippen LogP contribution < -0.4 is 10.1 Å². The number of benzene rings is 2. The lowest BCUT2D eigenvalue weighted by Crippen LogP contribution is -2.27. The summed E-state index contributed by atoms with van der Waals surface area (Å²) in [5, 5.41) is 4.13. The molecule has 0 fully saturated rings. The van der Waals surface area contributed by atoms with Crippen molar-refractivity contribution in [1.82, 2.24) is 5.32 Å². The molecule has 1 heterocycles. The van der Waals surface area contributed by atoms with E-state index in [2.05, 4.69) is 37.4 Å². The number of nitrogens with one attached hydrogen (secondary N) is 1. The maximum Gasteiger partial charge on any atom is 0.126 e. The molecule has 3 heteroatoms. The zero-order chi connectivity index (χ0) is 15.0. The van der Waals surface area contributed by atoms with Crippen LogP contribution in [-0.2, 0) is 0 Å². The summed E-state index contributed by atoms with van der Waals surface area (Å²) in [5.41, 5.74) is 4.98. The summed E-state index contributed by atoms with van der Waals surface area (Å²) in [7, 11) is 1.99. The van der Waals surface area contributed by atoms with Gasteiger partial charge in [-0.25, -0.2) is 0 Å². The zero-order valence-corrected chi connectivity index (χ0v) is 13.4. The van der Waals surface area contributed by atoms with Gasteiger partial charge in [0.05, 0.1) is 0 Å². The SMILES string of the molecule is CNC1CC(c2ccc(C)cc2C)Oc2ccc(Cl)cc21. The first kappa shape index (κ1) is 14.4. The fourth-order valence-electron chi connectivity index (χ4n) is 3.09. The minimum Gasteiger partial charge on any atom is -0.485 e. The van der Waals surface area contributed by atoms with Gasteiger partial charge in [-0.1, -0.05) is 35.4 Å². The average Bonchev–Trinajstić information content (AvgIpc) is 2.46. The molecule has 1 N–H and O–H groups in total. The van der Waals surface area contributed by atoms with Crippen molar-refractivity contribution in [2.45, 2.75) is 32.4 Å². The summed E-state index contributed by atoms with van der Waals surface area (Å²) in [6, 6.07) is 12.7. The Kier molecular flexibility index (Phi) is 3.92. The Balaban J connectivity index is 1.98. The maximum absolute atomic E-state index is 6.23. The second kappa shape index (κ2) is 5.70. The molecule has 0 amide bonds. The fraction of sp³-hybridized carbons (Fsp3) is 0.333. The Morgan fingerprint density at radius 3 is 2.62 bits per heavy atom. The molecule has 2 aromatic rings. The first-order valence-corrected chi connectivity index (χ1v) is 7.67. The summed E-state index contributed by atoms with van der Waals surface area (Å²) in [5.74, 6) is 0.926. The lowest BCUT2D eigenvalue weighted by molar-refractivity contribution is 0.153. The number of aryl methyl sites for hydroxylation is 2. The van der Waals surface area contributed by atoms with E-state index in [1.165, 1.54) is 16.7 Å². The molecule has 2 nitrogen and oxygen atoms in total. The topological polar surface area (TPSA) is 21.3 Å². The lowest BCUT2D eigenvalue weighted by atomic mass is 9.90. The highest BCUT2D eigenvalue weighted by Gasteiger charge is 2.29. The van der Waals surface area contributed by atoms with Crippen LogP contribution in [0.4, 0.5) is 0 Å². The molecule has 0 aliphatic carbocycles. The van der Waals surface area contributed by atoms with Crippen molar-refractivity contribution in [3.05, 3.63) is 63.7 Å². The van der Waals surface area contributed by atoms with Crippen molar-refractivity contribution in [3.8, 4) is 5.75 Å². The summed E-state index contributed by atoms with van der Waals surface area (Å²) in [4.78, 5) is 0. The minimum atomic E-state index is 0.0803. The van der Waals surface area contributed by atoms with Crippen LogP contribution >= 0.6 is 11.6 Å². The van der Waals surface area contributed by atoms with Crippen molar-refractivity contribution >= 4 is 11.6 Å². The highest BCUT2D eigenvalue weighted by molar-refractivity contribution is 6.30.